The van der Waals surface area contributed by atoms with Crippen molar-refractivity contribution in [3.8, 4) is 5.75 Å². The van der Waals surface area contributed by atoms with Gasteiger partial charge in [-0.2, -0.15) is 0 Å². The fourth-order valence-corrected chi connectivity index (χ4v) is 2.25. The van der Waals surface area contributed by atoms with Gasteiger partial charge in [0.2, 0.25) is 5.01 Å². The average Bonchev–Trinajstić information content (AvgIpc) is 2.95. The van der Waals surface area contributed by atoms with E-state index in [-0.39, 0.29) is 23.8 Å². The number of rotatable bonds is 6. The summed E-state index contributed by atoms with van der Waals surface area (Å²) >= 11 is 1.09. The van der Waals surface area contributed by atoms with E-state index in [1.165, 1.54) is 0 Å². The molecule has 0 radical (unpaired) electrons. The number of carboxylic acids is 1. The zero-order valence-electron chi connectivity index (χ0n) is 11.2. The van der Waals surface area contributed by atoms with Crippen LogP contribution in [0, 0.1) is 0 Å². The summed E-state index contributed by atoms with van der Waals surface area (Å²) in [7, 11) is 1.56. The Morgan fingerprint density at radius 1 is 1.29 bits per heavy atom. The van der Waals surface area contributed by atoms with Gasteiger partial charge in [-0.1, -0.05) is 11.3 Å². The number of nitrogens with one attached hydrogen (secondary N) is 1. The smallest absolute Gasteiger partial charge is 0.303 e. The second-order valence-corrected chi connectivity index (χ2v) is 5.14. The van der Waals surface area contributed by atoms with Crippen molar-refractivity contribution in [1.82, 2.24) is 10.2 Å². The molecule has 1 aromatic carbocycles. The molecule has 2 aromatic rings. The van der Waals surface area contributed by atoms with Gasteiger partial charge in [-0.25, -0.2) is 0 Å². The number of carbonyl (C=O) groups excluding carboxylic acids is 1. The molecule has 21 heavy (non-hydrogen) atoms. The molecule has 0 bridgehead atoms. The van der Waals surface area contributed by atoms with Crippen LogP contribution in [0.5, 0.6) is 5.75 Å². The Hall–Kier alpha value is -2.48. The number of ether oxygens (including phenoxy) is 1. The van der Waals surface area contributed by atoms with E-state index in [4.69, 9.17) is 9.84 Å². The van der Waals surface area contributed by atoms with Crippen LogP contribution in [-0.4, -0.2) is 34.3 Å². The fourth-order valence-electron chi connectivity index (χ4n) is 1.52. The van der Waals surface area contributed by atoms with Gasteiger partial charge in [0.05, 0.1) is 13.5 Å². The van der Waals surface area contributed by atoms with Crippen molar-refractivity contribution >= 4 is 28.9 Å². The molecule has 1 aromatic heterocycles. The molecule has 0 saturated heterocycles. The fraction of sp³-hybridized carbons (Fsp3) is 0.231. The van der Waals surface area contributed by atoms with Crippen molar-refractivity contribution in [3.05, 3.63) is 34.3 Å². The SMILES string of the molecule is COc1ccc(NC(=O)c2nnc(CCC(=O)O)s2)cc1. The number of carboxylic acid groups (broad SMARTS) is 1. The Bertz CT molecular complexity index is 639. The van der Waals surface area contributed by atoms with Gasteiger partial charge in [-0.15, -0.1) is 10.2 Å². The van der Waals surface area contributed by atoms with Crippen LogP contribution >= 0.6 is 11.3 Å². The Balaban J connectivity index is 1.97. The number of amides is 1. The highest BCUT2D eigenvalue weighted by atomic mass is 32.1. The van der Waals surface area contributed by atoms with Crippen LogP contribution in [0.3, 0.4) is 0 Å². The number of hydrogen-bond acceptors (Lipinski definition) is 6. The maximum atomic E-state index is 12.0. The molecular formula is C13H13N3O4S. The van der Waals surface area contributed by atoms with Crippen LogP contribution in [0.2, 0.25) is 0 Å². The van der Waals surface area contributed by atoms with E-state index >= 15 is 0 Å². The number of nitrogens with zero attached hydrogens (tertiary/aromatic N) is 2. The van der Waals surface area contributed by atoms with Crippen LogP contribution in [0.1, 0.15) is 21.2 Å². The molecular weight excluding hydrogens is 294 g/mol. The van der Waals surface area contributed by atoms with Gasteiger partial charge >= 0.3 is 5.97 Å². The second kappa shape index (κ2) is 6.80. The number of aromatic nitrogens is 2. The highest BCUT2D eigenvalue weighted by Gasteiger charge is 2.13. The summed E-state index contributed by atoms with van der Waals surface area (Å²) in [4.78, 5) is 22.4. The summed E-state index contributed by atoms with van der Waals surface area (Å²) < 4.78 is 5.03. The molecule has 110 valence electrons. The van der Waals surface area contributed by atoms with Crippen LogP contribution < -0.4 is 10.1 Å². The van der Waals surface area contributed by atoms with Gasteiger partial charge in [0.15, 0.2) is 0 Å². The Kier molecular flexibility index (Phi) is 4.83. The van der Waals surface area contributed by atoms with Crippen molar-refractivity contribution in [2.45, 2.75) is 12.8 Å². The number of methoxy groups -OCH3 is 1. The lowest BCUT2D eigenvalue weighted by molar-refractivity contribution is -0.136. The molecule has 0 atom stereocenters. The molecule has 2 rings (SSSR count). The summed E-state index contributed by atoms with van der Waals surface area (Å²) in [5.41, 5.74) is 0.614. The normalized spacial score (nSPS) is 10.1. The topological polar surface area (TPSA) is 101 Å². The van der Waals surface area contributed by atoms with E-state index in [1.807, 2.05) is 0 Å². The number of carbonyl (C=O) groups is 2. The zero-order chi connectivity index (χ0) is 15.2. The lowest BCUT2D eigenvalue weighted by Crippen LogP contribution is -2.11. The first-order chi connectivity index (χ1) is 10.1. The quantitative estimate of drug-likeness (QED) is 0.844. The molecule has 7 nitrogen and oxygen atoms in total. The van der Waals surface area contributed by atoms with Crippen LogP contribution in [-0.2, 0) is 11.2 Å². The number of aryl methyl sites for hydroxylation is 1. The molecule has 0 aliphatic rings. The van der Waals surface area contributed by atoms with E-state index < -0.39 is 5.97 Å². The third-order valence-electron chi connectivity index (χ3n) is 2.56. The number of hydrogen-bond donors (Lipinski definition) is 2. The summed E-state index contributed by atoms with van der Waals surface area (Å²) in [5.74, 6) is -0.589. The maximum absolute atomic E-state index is 12.0. The second-order valence-electron chi connectivity index (χ2n) is 4.08. The van der Waals surface area contributed by atoms with Crippen LogP contribution in [0.15, 0.2) is 24.3 Å². The van der Waals surface area contributed by atoms with Gasteiger partial charge in [0.1, 0.15) is 10.8 Å². The summed E-state index contributed by atoms with van der Waals surface area (Å²) in [6.45, 7) is 0. The first kappa shape index (κ1) is 14.9. The highest BCUT2D eigenvalue weighted by molar-refractivity contribution is 7.13. The van der Waals surface area contributed by atoms with Gasteiger partial charge in [0, 0.05) is 12.1 Å². The van der Waals surface area contributed by atoms with Gasteiger partial charge in [0.25, 0.3) is 5.91 Å². The molecule has 8 heteroatoms. The summed E-state index contributed by atoms with van der Waals surface area (Å²) in [5, 5.41) is 19.6. The zero-order valence-corrected chi connectivity index (χ0v) is 12.0. The molecule has 0 aliphatic carbocycles. The minimum atomic E-state index is -0.908. The lowest BCUT2D eigenvalue weighted by Gasteiger charge is -2.03. The first-order valence-electron chi connectivity index (χ1n) is 6.08. The molecule has 0 unspecified atom stereocenters. The molecule has 2 N–H and O–H groups in total. The summed E-state index contributed by atoms with van der Waals surface area (Å²) in [6.07, 6.45) is 0.234. The van der Waals surface area contributed by atoms with E-state index in [1.54, 1.807) is 31.4 Å². The van der Waals surface area contributed by atoms with E-state index in [2.05, 4.69) is 15.5 Å². The third-order valence-corrected chi connectivity index (χ3v) is 3.54. The van der Waals surface area contributed by atoms with Crippen molar-refractivity contribution in [3.63, 3.8) is 0 Å². The predicted molar refractivity (Wildman–Crippen MR) is 76.8 cm³/mol. The average molecular weight is 307 g/mol. The molecule has 0 saturated carbocycles. The van der Waals surface area contributed by atoms with Crippen molar-refractivity contribution in [2.75, 3.05) is 12.4 Å². The first-order valence-corrected chi connectivity index (χ1v) is 6.89. The van der Waals surface area contributed by atoms with E-state index in [0.717, 1.165) is 11.3 Å². The minimum absolute atomic E-state index is 0.0330. The van der Waals surface area contributed by atoms with Crippen LogP contribution in [0.4, 0.5) is 5.69 Å². The monoisotopic (exact) mass is 307 g/mol. The van der Waals surface area contributed by atoms with Crippen molar-refractivity contribution < 1.29 is 19.4 Å². The number of aliphatic carboxylic acids is 1. The Morgan fingerprint density at radius 3 is 2.62 bits per heavy atom. The molecule has 1 amide bonds. The third kappa shape index (κ3) is 4.25. The van der Waals surface area contributed by atoms with Crippen molar-refractivity contribution in [2.24, 2.45) is 0 Å². The predicted octanol–water partition coefficient (Wildman–Crippen LogP) is 1.82. The number of anilines is 1. The minimum Gasteiger partial charge on any atom is -0.497 e. The molecule has 0 spiro atoms. The molecule has 0 aliphatic heterocycles. The maximum Gasteiger partial charge on any atom is 0.303 e. The van der Waals surface area contributed by atoms with Gasteiger partial charge in [-0.3, -0.25) is 9.59 Å². The molecule has 0 fully saturated rings. The largest absolute Gasteiger partial charge is 0.497 e. The Labute approximate surface area is 124 Å². The van der Waals surface area contributed by atoms with Gasteiger partial charge < -0.3 is 15.2 Å². The van der Waals surface area contributed by atoms with Crippen LogP contribution in [0.25, 0.3) is 0 Å². The summed E-state index contributed by atoms with van der Waals surface area (Å²) in [6, 6.07) is 6.88. The van der Waals surface area contributed by atoms with Gasteiger partial charge in [-0.05, 0) is 24.3 Å². The molecule has 1 heterocycles. The van der Waals surface area contributed by atoms with E-state index in [9.17, 15) is 9.59 Å². The van der Waals surface area contributed by atoms with E-state index in [0.29, 0.717) is 16.4 Å². The van der Waals surface area contributed by atoms with Crippen molar-refractivity contribution in [1.29, 1.82) is 0 Å². The standard InChI is InChI=1S/C13H13N3O4S/c1-20-9-4-2-8(3-5-9)14-12(19)13-16-15-10(21-13)6-7-11(17)18/h2-5H,6-7H2,1H3,(H,14,19)(H,17,18). The lowest BCUT2D eigenvalue weighted by atomic mass is 10.3. The Morgan fingerprint density at radius 2 is 2.00 bits per heavy atom. The number of benzene rings is 1. The highest BCUT2D eigenvalue weighted by Crippen LogP contribution is 2.17.